The average Bonchev–Trinajstić information content (AvgIpc) is 3.15. The number of carboxylic acid groups (broad SMARTS) is 1. The normalized spacial score (nSPS) is 13.1. The fourth-order valence-electron chi connectivity index (χ4n) is 3.70. The first-order valence-electron chi connectivity index (χ1n) is 10.3. The number of rotatable bonds is 7. The molecule has 0 aliphatic heterocycles. The third kappa shape index (κ3) is 3.88. The number of carboxylic acids is 1. The summed E-state index contributed by atoms with van der Waals surface area (Å²) >= 11 is 0. The van der Waals surface area contributed by atoms with E-state index in [4.69, 9.17) is 4.74 Å². The molecule has 2 aromatic heterocycles. The van der Waals surface area contributed by atoms with E-state index in [1.807, 2.05) is 55.5 Å². The van der Waals surface area contributed by atoms with Gasteiger partial charge in [-0.1, -0.05) is 30.3 Å². The van der Waals surface area contributed by atoms with Crippen molar-refractivity contribution in [1.82, 2.24) is 15.3 Å². The molecule has 0 bridgehead atoms. The van der Waals surface area contributed by atoms with Gasteiger partial charge in [-0.05, 0) is 38.1 Å². The molecule has 164 valence electrons. The monoisotopic (exact) mass is 433 g/mol. The lowest BCUT2D eigenvalue weighted by Crippen LogP contribution is -2.47. The number of H-pyrrole nitrogens is 1. The highest BCUT2D eigenvalue weighted by Crippen LogP contribution is 2.36. The largest absolute Gasteiger partial charge is 0.493 e. The second kappa shape index (κ2) is 8.68. The van der Waals surface area contributed by atoms with Crippen molar-refractivity contribution in [2.75, 3.05) is 6.61 Å². The second-order valence-corrected chi connectivity index (χ2v) is 7.41. The Bertz CT molecular complexity index is 1310. The SMILES string of the molecule is CCOc1ccccc1-c1nc(C(=O)NC(C(=O)O)C(C)O)cc2c1[nH]c1ccccc12. The number of hydrogen-bond donors (Lipinski definition) is 4. The van der Waals surface area contributed by atoms with E-state index in [-0.39, 0.29) is 5.69 Å². The predicted molar refractivity (Wildman–Crippen MR) is 121 cm³/mol. The van der Waals surface area contributed by atoms with Gasteiger partial charge >= 0.3 is 5.97 Å². The summed E-state index contributed by atoms with van der Waals surface area (Å²) in [5.41, 5.74) is 2.86. The average molecular weight is 433 g/mol. The van der Waals surface area contributed by atoms with E-state index in [9.17, 15) is 19.8 Å². The number of pyridine rings is 1. The molecule has 4 N–H and O–H groups in total. The van der Waals surface area contributed by atoms with E-state index < -0.39 is 24.0 Å². The predicted octanol–water partition coefficient (Wildman–Crippen LogP) is 3.35. The number of aromatic nitrogens is 2. The molecule has 0 saturated heterocycles. The Morgan fingerprint density at radius 2 is 1.84 bits per heavy atom. The van der Waals surface area contributed by atoms with E-state index in [0.717, 1.165) is 21.8 Å². The Morgan fingerprint density at radius 3 is 2.56 bits per heavy atom. The molecule has 2 heterocycles. The molecule has 0 radical (unpaired) electrons. The fraction of sp³-hybridized carbons (Fsp3) is 0.208. The minimum absolute atomic E-state index is 0.0375. The number of fused-ring (bicyclic) bond motifs is 3. The number of carbonyl (C=O) groups excluding carboxylic acids is 1. The summed E-state index contributed by atoms with van der Waals surface area (Å²) in [4.78, 5) is 32.4. The van der Waals surface area contributed by atoms with Gasteiger partial charge in [0.2, 0.25) is 0 Å². The summed E-state index contributed by atoms with van der Waals surface area (Å²) in [6.45, 7) is 3.65. The summed E-state index contributed by atoms with van der Waals surface area (Å²) in [5, 5.41) is 23.1. The minimum atomic E-state index is -1.46. The number of hydrogen-bond acceptors (Lipinski definition) is 5. The molecule has 0 spiro atoms. The number of aliphatic carboxylic acids is 1. The smallest absolute Gasteiger partial charge is 0.328 e. The standard InChI is InChI=1S/C24H23N3O5/c1-3-32-19-11-7-5-9-15(19)21-22-16(14-8-4-6-10-17(14)25-22)12-18(26-21)23(29)27-20(13(2)28)24(30)31/h4-13,20,25,28H,3H2,1-2H3,(H,27,29)(H,30,31). The van der Waals surface area contributed by atoms with Gasteiger partial charge in [0, 0.05) is 21.9 Å². The molecule has 8 nitrogen and oxygen atoms in total. The number of amides is 1. The van der Waals surface area contributed by atoms with Gasteiger partial charge in [-0.25, -0.2) is 9.78 Å². The number of benzene rings is 2. The highest BCUT2D eigenvalue weighted by atomic mass is 16.5. The van der Waals surface area contributed by atoms with Crippen LogP contribution in [0.2, 0.25) is 0 Å². The van der Waals surface area contributed by atoms with Crippen molar-refractivity contribution in [3.63, 3.8) is 0 Å². The Balaban J connectivity index is 1.93. The van der Waals surface area contributed by atoms with E-state index >= 15 is 0 Å². The summed E-state index contributed by atoms with van der Waals surface area (Å²) in [6.07, 6.45) is -1.27. The lowest BCUT2D eigenvalue weighted by Gasteiger charge is -2.17. The molecule has 2 unspecified atom stereocenters. The third-order valence-corrected chi connectivity index (χ3v) is 5.21. The first-order valence-corrected chi connectivity index (χ1v) is 10.3. The van der Waals surface area contributed by atoms with Crippen LogP contribution in [0.3, 0.4) is 0 Å². The number of aliphatic hydroxyl groups is 1. The Labute approximate surface area is 183 Å². The van der Waals surface area contributed by atoms with Gasteiger partial charge in [-0.2, -0.15) is 0 Å². The molecule has 0 saturated carbocycles. The lowest BCUT2D eigenvalue weighted by atomic mass is 10.0. The number of para-hydroxylation sites is 2. The number of carbonyl (C=O) groups is 2. The Kier molecular flexibility index (Phi) is 5.79. The molecule has 8 heteroatoms. The van der Waals surface area contributed by atoms with E-state index in [1.54, 1.807) is 6.07 Å². The van der Waals surface area contributed by atoms with E-state index in [0.29, 0.717) is 23.6 Å². The maximum Gasteiger partial charge on any atom is 0.328 e. The van der Waals surface area contributed by atoms with Crippen LogP contribution in [0.15, 0.2) is 54.6 Å². The minimum Gasteiger partial charge on any atom is -0.493 e. The number of nitrogens with zero attached hydrogens (tertiary/aromatic N) is 1. The zero-order valence-electron chi connectivity index (χ0n) is 17.6. The van der Waals surface area contributed by atoms with Crippen molar-refractivity contribution in [1.29, 1.82) is 0 Å². The summed E-state index contributed by atoms with van der Waals surface area (Å²) < 4.78 is 5.78. The highest BCUT2D eigenvalue weighted by Gasteiger charge is 2.27. The van der Waals surface area contributed by atoms with Crippen molar-refractivity contribution in [2.45, 2.75) is 26.0 Å². The summed E-state index contributed by atoms with van der Waals surface area (Å²) in [6, 6.07) is 15.2. The van der Waals surface area contributed by atoms with Crippen LogP contribution in [0.4, 0.5) is 0 Å². The van der Waals surface area contributed by atoms with E-state index in [1.165, 1.54) is 6.92 Å². The van der Waals surface area contributed by atoms with Crippen LogP contribution in [0.25, 0.3) is 33.1 Å². The molecule has 0 fully saturated rings. The number of ether oxygens (including phenoxy) is 1. The summed E-state index contributed by atoms with van der Waals surface area (Å²) in [7, 11) is 0. The van der Waals surface area contributed by atoms with Crippen LogP contribution in [0, 0.1) is 0 Å². The van der Waals surface area contributed by atoms with Crippen LogP contribution in [-0.4, -0.2) is 50.8 Å². The van der Waals surface area contributed by atoms with Gasteiger partial charge < -0.3 is 25.3 Å². The Morgan fingerprint density at radius 1 is 1.12 bits per heavy atom. The molecule has 1 amide bonds. The van der Waals surface area contributed by atoms with Crippen molar-refractivity contribution >= 4 is 33.7 Å². The molecule has 0 aliphatic carbocycles. The number of aliphatic hydroxyl groups excluding tert-OH is 1. The maximum absolute atomic E-state index is 13.0. The van der Waals surface area contributed by atoms with Crippen LogP contribution in [-0.2, 0) is 4.79 Å². The zero-order valence-corrected chi connectivity index (χ0v) is 17.6. The zero-order chi connectivity index (χ0) is 22.8. The van der Waals surface area contributed by atoms with Crippen molar-refractivity contribution in [3.05, 3.63) is 60.3 Å². The third-order valence-electron chi connectivity index (χ3n) is 5.21. The first-order chi connectivity index (χ1) is 15.4. The first kappa shape index (κ1) is 21.3. The molecule has 4 rings (SSSR count). The van der Waals surface area contributed by atoms with Crippen molar-refractivity contribution in [2.24, 2.45) is 0 Å². The van der Waals surface area contributed by atoms with Gasteiger partial charge in [-0.15, -0.1) is 0 Å². The van der Waals surface area contributed by atoms with Crippen molar-refractivity contribution < 1.29 is 24.5 Å². The van der Waals surface area contributed by atoms with Crippen LogP contribution >= 0.6 is 0 Å². The van der Waals surface area contributed by atoms with E-state index in [2.05, 4.69) is 15.3 Å². The number of nitrogens with one attached hydrogen (secondary N) is 2. The second-order valence-electron chi connectivity index (χ2n) is 7.41. The maximum atomic E-state index is 13.0. The van der Waals surface area contributed by atoms with Crippen LogP contribution < -0.4 is 10.1 Å². The molecule has 0 aliphatic rings. The Hall–Kier alpha value is -3.91. The quantitative estimate of drug-likeness (QED) is 0.354. The van der Waals surface area contributed by atoms with Gasteiger partial charge in [-0.3, -0.25) is 4.79 Å². The molecular weight excluding hydrogens is 410 g/mol. The van der Waals surface area contributed by atoms with Gasteiger partial charge in [0.1, 0.15) is 11.4 Å². The van der Waals surface area contributed by atoms with Gasteiger partial charge in [0.05, 0.1) is 23.9 Å². The molecule has 4 aromatic rings. The van der Waals surface area contributed by atoms with Crippen molar-refractivity contribution in [3.8, 4) is 17.0 Å². The topological polar surface area (TPSA) is 125 Å². The molecular formula is C24H23N3O5. The molecule has 32 heavy (non-hydrogen) atoms. The summed E-state index contributed by atoms with van der Waals surface area (Å²) in [5.74, 6) is -1.41. The number of aromatic amines is 1. The van der Waals surface area contributed by atoms with Crippen LogP contribution in [0.5, 0.6) is 5.75 Å². The van der Waals surface area contributed by atoms with Crippen LogP contribution in [0.1, 0.15) is 24.3 Å². The lowest BCUT2D eigenvalue weighted by molar-refractivity contribution is -0.141. The fourth-order valence-corrected chi connectivity index (χ4v) is 3.70. The molecule has 2 atom stereocenters. The molecule has 2 aromatic carbocycles. The van der Waals surface area contributed by atoms with Gasteiger partial charge in [0.15, 0.2) is 6.04 Å². The highest BCUT2D eigenvalue weighted by molar-refractivity contribution is 6.13. The van der Waals surface area contributed by atoms with Gasteiger partial charge in [0.25, 0.3) is 5.91 Å².